The molecule has 0 fully saturated rings. The molecular formula is C15H23NO3. The Morgan fingerprint density at radius 3 is 2.47 bits per heavy atom. The molecule has 0 saturated heterocycles. The Bertz CT molecular complexity index is 384. The summed E-state index contributed by atoms with van der Waals surface area (Å²) in [6.45, 7) is 8.03. The zero-order chi connectivity index (χ0) is 14.3. The lowest BCUT2D eigenvalue weighted by atomic mass is 10.2. The predicted octanol–water partition coefficient (Wildman–Crippen LogP) is 3.37. The molecule has 0 saturated carbocycles. The molecule has 1 N–H and O–H groups in total. The summed E-state index contributed by atoms with van der Waals surface area (Å²) in [5.41, 5.74) is -0.462. The molecule has 1 aromatic carbocycles. The Labute approximate surface area is 115 Å². The highest BCUT2D eigenvalue weighted by molar-refractivity contribution is 5.67. The topological polar surface area (TPSA) is 47.6 Å². The van der Waals surface area contributed by atoms with E-state index in [-0.39, 0.29) is 12.2 Å². The molecule has 0 aliphatic heterocycles. The van der Waals surface area contributed by atoms with Crippen LogP contribution in [0.3, 0.4) is 0 Å². The van der Waals surface area contributed by atoms with Gasteiger partial charge in [0.15, 0.2) is 0 Å². The van der Waals surface area contributed by atoms with Crippen LogP contribution >= 0.6 is 0 Å². The van der Waals surface area contributed by atoms with Gasteiger partial charge in [0, 0.05) is 13.0 Å². The zero-order valence-electron chi connectivity index (χ0n) is 12.1. The summed E-state index contributed by atoms with van der Waals surface area (Å²) in [5.74, 6) is 0.840. The number of hydrogen-bond acceptors (Lipinski definition) is 3. The quantitative estimate of drug-likeness (QED) is 0.888. The molecule has 0 aromatic heterocycles. The number of carbonyl (C=O) groups is 1. The highest BCUT2D eigenvalue weighted by Gasteiger charge is 2.15. The van der Waals surface area contributed by atoms with E-state index in [9.17, 15) is 4.79 Å². The second kappa shape index (κ2) is 7.02. The molecular weight excluding hydrogens is 242 g/mol. The average molecular weight is 265 g/mol. The maximum atomic E-state index is 11.4. The minimum atomic E-state index is -0.462. The molecule has 0 radical (unpaired) electrons. The maximum Gasteiger partial charge on any atom is 0.407 e. The van der Waals surface area contributed by atoms with E-state index in [2.05, 4.69) is 5.32 Å². The van der Waals surface area contributed by atoms with Crippen LogP contribution in [0.5, 0.6) is 5.75 Å². The Morgan fingerprint density at radius 1 is 1.26 bits per heavy atom. The Morgan fingerprint density at radius 2 is 1.89 bits per heavy atom. The van der Waals surface area contributed by atoms with Gasteiger partial charge < -0.3 is 14.8 Å². The molecule has 1 atom stereocenters. The number of amides is 1. The first kappa shape index (κ1) is 15.3. The standard InChI is InChI=1S/C15H23NO3/c1-12(18-13-8-6-5-7-9-13)10-11-16-14(17)19-15(2,3)4/h5-9,12H,10-11H2,1-4H3,(H,16,17). The van der Waals surface area contributed by atoms with E-state index >= 15 is 0 Å². The molecule has 1 rings (SSSR count). The summed E-state index contributed by atoms with van der Waals surface area (Å²) >= 11 is 0. The summed E-state index contributed by atoms with van der Waals surface area (Å²) in [6.07, 6.45) is 0.380. The molecule has 1 unspecified atom stereocenters. The molecule has 19 heavy (non-hydrogen) atoms. The van der Waals surface area contributed by atoms with Crippen LogP contribution in [0.1, 0.15) is 34.1 Å². The Balaban J connectivity index is 2.21. The zero-order valence-corrected chi connectivity index (χ0v) is 12.1. The maximum absolute atomic E-state index is 11.4. The van der Waals surface area contributed by atoms with Crippen LogP contribution in [0.25, 0.3) is 0 Å². The lowest BCUT2D eigenvalue weighted by molar-refractivity contribution is 0.0522. The van der Waals surface area contributed by atoms with E-state index in [0.717, 1.165) is 12.2 Å². The lowest BCUT2D eigenvalue weighted by Crippen LogP contribution is -2.34. The van der Waals surface area contributed by atoms with E-state index in [1.54, 1.807) is 0 Å². The van der Waals surface area contributed by atoms with Crippen molar-refractivity contribution in [2.24, 2.45) is 0 Å². The van der Waals surface area contributed by atoms with Gasteiger partial charge in [0.05, 0.1) is 6.10 Å². The monoisotopic (exact) mass is 265 g/mol. The number of nitrogens with one attached hydrogen (secondary N) is 1. The van der Waals surface area contributed by atoms with E-state index < -0.39 is 5.60 Å². The smallest absolute Gasteiger partial charge is 0.407 e. The fourth-order valence-corrected chi connectivity index (χ4v) is 1.48. The third kappa shape index (κ3) is 7.34. The Hall–Kier alpha value is -1.71. The highest BCUT2D eigenvalue weighted by atomic mass is 16.6. The molecule has 106 valence electrons. The van der Waals surface area contributed by atoms with Crippen LogP contribution in [0.2, 0.25) is 0 Å². The van der Waals surface area contributed by atoms with Gasteiger partial charge in [-0.2, -0.15) is 0 Å². The van der Waals surface area contributed by atoms with Crippen molar-refractivity contribution in [3.05, 3.63) is 30.3 Å². The minimum Gasteiger partial charge on any atom is -0.491 e. The number of carbonyl (C=O) groups excluding carboxylic acids is 1. The number of benzene rings is 1. The van der Waals surface area contributed by atoms with Crippen molar-refractivity contribution in [3.8, 4) is 5.75 Å². The summed E-state index contributed by atoms with van der Waals surface area (Å²) < 4.78 is 10.9. The highest BCUT2D eigenvalue weighted by Crippen LogP contribution is 2.12. The first-order valence-electron chi connectivity index (χ1n) is 6.55. The van der Waals surface area contributed by atoms with Crippen molar-refractivity contribution >= 4 is 6.09 Å². The van der Waals surface area contributed by atoms with Gasteiger partial charge in [-0.1, -0.05) is 18.2 Å². The molecule has 0 spiro atoms. The summed E-state index contributed by atoms with van der Waals surface area (Å²) in [5, 5.41) is 2.71. The van der Waals surface area contributed by atoms with Crippen molar-refractivity contribution in [2.45, 2.75) is 45.8 Å². The summed E-state index contributed by atoms with van der Waals surface area (Å²) in [7, 11) is 0. The minimum absolute atomic E-state index is 0.0392. The van der Waals surface area contributed by atoms with E-state index in [1.165, 1.54) is 0 Å². The first-order chi connectivity index (χ1) is 8.87. The van der Waals surface area contributed by atoms with Crippen LogP contribution in [0.15, 0.2) is 30.3 Å². The van der Waals surface area contributed by atoms with Crippen LogP contribution in [-0.4, -0.2) is 24.3 Å². The van der Waals surface area contributed by atoms with Gasteiger partial charge in [0.1, 0.15) is 11.4 Å². The van der Waals surface area contributed by atoms with Gasteiger partial charge in [-0.05, 0) is 39.8 Å². The van der Waals surface area contributed by atoms with Gasteiger partial charge >= 0.3 is 6.09 Å². The van der Waals surface area contributed by atoms with E-state index in [0.29, 0.717) is 6.54 Å². The molecule has 4 nitrogen and oxygen atoms in total. The van der Waals surface area contributed by atoms with Crippen molar-refractivity contribution in [1.29, 1.82) is 0 Å². The number of alkyl carbamates (subject to hydrolysis) is 1. The van der Waals surface area contributed by atoms with Crippen LogP contribution in [0, 0.1) is 0 Å². The van der Waals surface area contributed by atoms with Gasteiger partial charge in [-0.25, -0.2) is 4.79 Å². The predicted molar refractivity (Wildman–Crippen MR) is 75.4 cm³/mol. The van der Waals surface area contributed by atoms with Crippen LogP contribution in [-0.2, 0) is 4.74 Å². The third-order valence-electron chi connectivity index (χ3n) is 2.30. The normalized spacial score (nSPS) is 12.6. The van der Waals surface area contributed by atoms with Gasteiger partial charge in [-0.15, -0.1) is 0 Å². The van der Waals surface area contributed by atoms with Crippen molar-refractivity contribution in [1.82, 2.24) is 5.32 Å². The van der Waals surface area contributed by atoms with Crippen molar-refractivity contribution in [2.75, 3.05) is 6.54 Å². The molecule has 4 heteroatoms. The molecule has 0 heterocycles. The van der Waals surface area contributed by atoms with Gasteiger partial charge in [0.25, 0.3) is 0 Å². The lowest BCUT2D eigenvalue weighted by Gasteiger charge is -2.20. The second-order valence-electron chi connectivity index (χ2n) is 5.46. The summed E-state index contributed by atoms with van der Waals surface area (Å²) in [4.78, 5) is 11.4. The second-order valence-corrected chi connectivity index (χ2v) is 5.46. The van der Waals surface area contributed by atoms with Gasteiger partial charge in [0.2, 0.25) is 0 Å². The van der Waals surface area contributed by atoms with Crippen LogP contribution < -0.4 is 10.1 Å². The number of ether oxygens (including phenoxy) is 2. The number of hydrogen-bond donors (Lipinski definition) is 1. The average Bonchev–Trinajstić information content (AvgIpc) is 2.27. The SMILES string of the molecule is CC(CCNC(=O)OC(C)(C)C)Oc1ccccc1. The van der Waals surface area contributed by atoms with Crippen molar-refractivity contribution < 1.29 is 14.3 Å². The molecule has 1 aromatic rings. The fraction of sp³-hybridized carbons (Fsp3) is 0.533. The van der Waals surface area contributed by atoms with Crippen molar-refractivity contribution in [3.63, 3.8) is 0 Å². The molecule has 0 aliphatic rings. The molecule has 1 amide bonds. The molecule has 0 aliphatic carbocycles. The third-order valence-corrected chi connectivity index (χ3v) is 2.30. The van der Waals surface area contributed by atoms with E-state index in [4.69, 9.17) is 9.47 Å². The van der Waals surface area contributed by atoms with E-state index in [1.807, 2.05) is 58.0 Å². The fourth-order valence-electron chi connectivity index (χ4n) is 1.48. The number of rotatable bonds is 5. The summed E-state index contributed by atoms with van der Waals surface area (Å²) in [6, 6.07) is 9.64. The number of para-hydroxylation sites is 1. The first-order valence-corrected chi connectivity index (χ1v) is 6.55. The van der Waals surface area contributed by atoms with Crippen LogP contribution in [0.4, 0.5) is 4.79 Å². The molecule has 0 bridgehead atoms. The Kier molecular flexibility index (Phi) is 5.67. The largest absolute Gasteiger partial charge is 0.491 e. The van der Waals surface area contributed by atoms with Gasteiger partial charge in [-0.3, -0.25) is 0 Å².